The highest BCUT2D eigenvalue weighted by molar-refractivity contribution is 4.72. The highest BCUT2D eigenvalue weighted by Gasteiger charge is 2.14. The fourth-order valence-corrected chi connectivity index (χ4v) is 0.736. The molecular weight excluding hydrogens is 116 g/mol. The van der Waals surface area contributed by atoms with Gasteiger partial charge in [-0.1, -0.05) is 0 Å². The van der Waals surface area contributed by atoms with Gasteiger partial charge in [-0.15, -0.1) is 0 Å². The van der Waals surface area contributed by atoms with Gasteiger partial charge in [0, 0.05) is 32.7 Å². The van der Waals surface area contributed by atoms with Crippen LogP contribution in [0.2, 0.25) is 0 Å². The number of aliphatic hydroxyl groups is 1. The van der Waals surface area contributed by atoms with Crippen molar-refractivity contribution in [1.29, 1.82) is 0 Å². The molecule has 1 aliphatic rings. The van der Waals surface area contributed by atoms with Crippen molar-refractivity contribution in [3.8, 4) is 0 Å². The van der Waals surface area contributed by atoms with Crippen molar-refractivity contribution in [3.05, 3.63) is 0 Å². The Balaban J connectivity index is 1.71. The number of nitrogens with zero attached hydrogens (tertiary/aromatic N) is 1. The smallest absolute Gasteiger partial charge is 0.0555 e. The molecule has 1 saturated heterocycles. The normalized spacial score (nSPS) is 18.3. The molecule has 0 atom stereocenters. The van der Waals surface area contributed by atoms with E-state index < -0.39 is 0 Å². The highest BCUT2D eigenvalue weighted by Crippen LogP contribution is 1.99. The zero-order valence-electron chi connectivity index (χ0n) is 5.64. The monoisotopic (exact) mass is 130 g/mol. The van der Waals surface area contributed by atoms with E-state index in [1.165, 1.54) is 13.1 Å². The fourth-order valence-electron chi connectivity index (χ4n) is 0.736. The van der Waals surface area contributed by atoms with Crippen LogP contribution in [0.1, 0.15) is 0 Å². The summed E-state index contributed by atoms with van der Waals surface area (Å²) in [5.74, 6) is 0. The summed E-state index contributed by atoms with van der Waals surface area (Å²) in [7, 11) is 0. The van der Waals surface area contributed by atoms with Crippen LogP contribution < -0.4 is 5.32 Å². The van der Waals surface area contributed by atoms with E-state index in [1.807, 2.05) is 0 Å². The van der Waals surface area contributed by atoms with Gasteiger partial charge >= 0.3 is 0 Å². The molecule has 0 bridgehead atoms. The zero-order chi connectivity index (χ0) is 6.53. The number of aliphatic hydroxyl groups excluding tert-OH is 1. The third kappa shape index (κ3) is 3.46. The van der Waals surface area contributed by atoms with Crippen molar-refractivity contribution >= 4 is 0 Å². The zero-order valence-corrected chi connectivity index (χ0v) is 5.64. The highest BCUT2D eigenvalue weighted by atomic mass is 16.3. The van der Waals surface area contributed by atoms with E-state index in [4.69, 9.17) is 5.11 Å². The Kier molecular flexibility index (Phi) is 2.97. The minimum atomic E-state index is 0.250. The van der Waals surface area contributed by atoms with Crippen molar-refractivity contribution in [3.63, 3.8) is 0 Å². The van der Waals surface area contributed by atoms with Crippen LogP contribution in [0.3, 0.4) is 0 Å². The summed E-state index contributed by atoms with van der Waals surface area (Å²) < 4.78 is 0. The molecule has 1 heterocycles. The van der Waals surface area contributed by atoms with Crippen LogP contribution in [0.4, 0.5) is 0 Å². The molecule has 2 N–H and O–H groups in total. The van der Waals surface area contributed by atoms with Crippen LogP contribution in [0, 0.1) is 0 Å². The van der Waals surface area contributed by atoms with Gasteiger partial charge in [0.1, 0.15) is 0 Å². The molecule has 0 aromatic rings. The first-order valence-corrected chi connectivity index (χ1v) is 3.47. The number of hydrogen-bond donors (Lipinski definition) is 2. The summed E-state index contributed by atoms with van der Waals surface area (Å²) in [5.41, 5.74) is 0. The summed E-state index contributed by atoms with van der Waals surface area (Å²) in [5, 5.41) is 11.5. The maximum atomic E-state index is 8.37. The maximum Gasteiger partial charge on any atom is 0.0555 e. The first-order chi connectivity index (χ1) is 4.43. The summed E-state index contributed by atoms with van der Waals surface area (Å²) in [6.07, 6.45) is 0. The topological polar surface area (TPSA) is 35.3 Å². The predicted molar refractivity (Wildman–Crippen MR) is 36.4 cm³/mol. The minimum Gasteiger partial charge on any atom is -0.395 e. The molecule has 3 heteroatoms. The molecule has 0 spiro atoms. The van der Waals surface area contributed by atoms with Gasteiger partial charge in [0.15, 0.2) is 0 Å². The van der Waals surface area contributed by atoms with E-state index in [0.29, 0.717) is 0 Å². The third-order valence-corrected chi connectivity index (χ3v) is 1.43. The lowest BCUT2D eigenvalue weighted by atomic mass is 10.6. The van der Waals surface area contributed by atoms with Crippen LogP contribution in [-0.4, -0.2) is 49.3 Å². The molecule has 1 fully saturated rings. The molecule has 0 saturated carbocycles. The number of nitrogens with one attached hydrogen (secondary N) is 1. The molecular formula is C6H14N2O. The lowest BCUT2D eigenvalue weighted by molar-refractivity contribution is 0.291. The van der Waals surface area contributed by atoms with E-state index in [1.54, 1.807) is 0 Å². The molecule has 9 heavy (non-hydrogen) atoms. The molecule has 0 aromatic carbocycles. The second-order valence-corrected chi connectivity index (χ2v) is 2.32. The van der Waals surface area contributed by atoms with Gasteiger partial charge in [0.05, 0.1) is 6.61 Å². The van der Waals surface area contributed by atoms with Crippen LogP contribution in [0.5, 0.6) is 0 Å². The molecule has 1 aliphatic heterocycles. The Hall–Kier alpha value is -0.120. The Morgan fingerprint density at radius 1 is 1.33 bits per heavy atom. The Labute approximate surface area is 55.7 Å². The summed E-state index contributed by atoms with van der Waals surface area (Å²) >= 11 is 0. The summed E-state index contributed by atoms with van der Waals surface area (Å²) in [4.78, 5) is 2.35. The molecule has 0 radical (unpaired) electrons. The van der Waals surface area contributed by atoms with Gasteiger partial charge in [-0.3, -0.25) is 4.90 Å². The quantitative estimate of drug-likeness (QED) is 0.366. The van der Waals surface area contributed by atoms with Crippen molar-refractivity contribution in [1.82, 2.24) is 10.2 Å². The predicted octanol–water partition coefficient (Wildman–Crippen LogP) is -1.12. The molecule has 0 amide bonds. The van der Waals surface area contributed by atoms with E-state index in [2.05, 4.69) is 10.2 Å². The van der Waals surface area contributed by atoms with Gasteiger partial charge in [-0.25, -0.2) is 0 Å². The molecule has 0 unspecified atom stereocenters. The van der Waals surface area contributed by atoms with Crippen LogP contribution in [-0.2, 0) is 0 Å². The summed E-state index contributed by atoms with van der Waals surface area (Å²) in [6, 6.07) is 0. The van der Waals surface area contributed by atoms with Crippen LogP contribution >= 0.6 is 0 Å². The maximum absolute atomic E-state index is 8.37. The van der Waals surface area contributed by atoms with Gasteiger partial charge in [0.25, 0.3) is 0 Å². The molecule has 0 aliphatic carbocycles. The molecule has 3 nitrogen and oxygen atoms in total. The SMILES string of the molecule is OCCNCCN1CC1. The molecule has 1 rings (SSSR count). The molecule has 0 aromatic heterocycles. The second-order valence-electron chi connectivity index (χ2n) is 2.32. The van der Waals surface area contributed by atoms with Gasteiger partial charge < -0.3 is 10.4 Å². The van der Waals surface area contributed by atoms with E-state index in [0.717, 1.165) is 19.6 Å². The number of hydrogen-bond acceptors (Lipinski definition) is 3. The largest absolute Gasteiger partial charge is 0.395 e. The van der Waals surface area contributed by atoms with Crippen molar-refractivity contribution in [2.75, 3.05) is 39.3 Å². The first-order valence-electron chi connectivity index (χ1n) is 3.47. The van der Waals surface area contributed by atoms with Crippen molar-refractivity contribution in [2.45, 2.75) is 0 Å². The van der Waals surface area contributed by atoms with Gasteiger partial charge in [-0.05, 0) is 0 Å². The lowest BCUT2D eigenvalue weighted by Gasteiger charge is -2.00. The number of rotatable bonds is 5. The van der Waals surface area contributed by atoms with Gasteiger partial charge in [-0.2, -0.15) is 0 Å². The average molecular weight is 130 g/mol. The summed E-state index contributed by atoms with van der Waals surface area (Å²) in [6.45, 7) is 5.66. The Morgan fingerprint density at radius 3 is 2.67 bits per heavy atom. The lowest BCUT2D eigenvalue weighted by Crippen LogP contribution is -2.24. The van der Waals surface area contributed by atoms with E-state index in [9.17, 15) is 0 Å². The van der Waals surface area contributed by atoms with Gasteiger partial charge in [0.2, 0.25) is 0 Å². The Bertz CT molecular complexity index is 73.5. The average Bonchev–Trinajstić information content (AvgIpc) is 2.63. The van der Waals surface area contributed by atoms with Crippen molar-refractivity contribution < 1.29 is 5.11 Å². The van der Waals surface area contributed by atoms with E-state index >= 15 is 0 Å². The second kappa shape index (κ2) is 3.82. The Morgan fingerprint density at radius 2 is 2.11 bits per heavy atom. The standard InChI is InChI=1S/C6H14N2O/c9-6-2-7-1-3-8-4-5-8/h7,9H,1-6H2. The molecule has 54 valence electrons. The van der Waals surface area contributed by atoms with E-state index in [-0.39, 0.29) is 6.61 Å². The third-order valence-electron chi connectivity index (χ3n) is 1.43. The van der Waals surface area contributed by atoms with Crippen LogP contribution in [0.15, 0.2) is 0 Å². The van der Waals surface area contributed by atoms with Crippen molar-refractivity contribution in [2.24, 2.45) is 0 Å². The minimum absolute atomic E-state index is 0.250. The fraction of sp³-hybridized carbons (Fsp3) is 1.00. The first kappa shape index (κ1) is 6.99. The van der Waals surface area contributed by atoms with Crippen LogP contribution in [0.25, 0.3) is 0 Å².